The first-order valence-corrected chi connectivity index (χ1v) is 10.5. The van der Waals surface area contributed by atoms with E-state index in [4.69, 9.17) is 4.42 Å². The topological polar surface area (TPSA) is 58.4 Å². The van der Waals surface area contributed by atoms with Gasteiger partial charge in [-0.15, -0.1) is 0 Å². The van der Waals surface area contributed by atoms with Gasteiger partial charge in [0.15, 0.2) is 0 Å². The van der Waals surface area contributed by atoms with Crippen LogP contribution in [0.4, 0.5) is 10.2 Å². The predicted octanol–water partition coefficient (Wildman–Crippen LogP) is 4.72. The Morgan fingerprint density at radius 1 is 1.07 bits per heavy atom. The quantitative estimate of drug-likeness (QED) is 0.616. The van der Waals surface area contributed by atoms with Gasteiger partial charge < -0.3 is 14.6 Å². The first kappa shape index (κ1) is 20.1. The molecular weight excluding hydrogens is 381 g/mol. The predicted molar refractivity (Wildman–Crippen MR) is 115 cm³/mol. The highest BCUT2D eigenvalue weighted by Crippen LogP contribution is 2.25. The number of carbonyl (C=O) groups is 1. The van der Waals surface area contributed by atoms with Gasteiger partial charge in [-0.25, -0.2) is 9.37 Å². The first-order chi connectivity index (χ1) is 14.7. The molecule has 1 aliphatic heterocycles. The van der Waals surface area contributed by atoms with Gasteiger partial charge in [-0.1, -0.05) is 18.2 Å². The number of rotatable bonds is 7. The van der Waals surface area contributed by atoms with Gasteiger partial charge in [0.2, 0.25) is 5.91 Å². The number of hydrogen-bond donors (Lipinski definition) is 1. The molecule has 1 fully saturated rings. The van der Waals surface area contributed by atoms with Gasteiger partial charge >= 0.3 is 0 Å². The summed E-state index contributed by atoms with van der Waals surface area (Å²) in [5.41, 5.74) is 1.40. The summed E-state index contributed by atoms with van der Waals surface area (Å²) in [6, 6.07) is 14.1. The first-order valence-electron chi connectivity index (χ1n) is 10.5. The molecule has 6 heteroatoms. The number of halogens is 1. The Labute approximate surface area is 175 Å². The van der Waals surface area contributed by atoms with Crippen molar-refractivity contribution in [2.24, 2.45) is 0 Å². The molecule has 0 atom stereocenters. The second kappa shape index (κ2) is 9.57. The van der Waals surface area contributed by atoms with E-state index in [-0.39, 0.29) is 11.7 Å². The molecule has 0 radical (unpaired) electrons. The molecular formula is C24H26FN3O2. The summed E-state index contributed by atoms with van der Waals surface area (Å²) in [6.07, 6.45) is 6.34. The number of aryl methyl sites for hydroxylation is 1. The van der Waals surface area contributed by atoms with Crippen LogP contribution in [0.2, 0.25) is 0 Å². The fourth-order valence-corrected chi connectivity index (χ4v) is 3.68. The Morgan fingerprint density at radius 2 is 1.90 bits per heavy atom. The van der Waals surface area contributed by atoms with Crippen molar-refractivity contribution in [1.29, 1.82) is 0 Å². The molecule has 1 N–H and O–H groups in total. The third-order valence-electron chi connectivity index (χ3n) is 5.38. The van der Waals surface area contributed by atoms with E-state index in [2.05, 4.69) is 15.2 Å². The Kier molecular flexibility index (Phi) is 6.42. The lowest BCUT2D eigenvalue weighted by Gasteiger charge is -2.27. The van der Waals surface area contributed by atoms with E-state index in [1.165, 1.54) is 25.3 Å². The number of amides is 1. The van der Waals surface area contributed by atoms with Crippen LogP contribution in [0.3, 0.4) is 0 Å². The Morgan fingerprint density at radius 3 is 2.67 bits per heavy atom. The standard InChI is InChI=1S/C24H26FN3O2/c25-21-7-3-2-6-20(21)22-11-9-19(30-22)10-13-24(29)27-17-18-8-12-23(26-16-18)28-14-4-1-5-15-28/h2-3,6-9,11-12,16H,1,4-5,10,13-15,17H2,(H,27,29). The molecule has 2 aromatic heterocycles. The van der Waals surface area contributed by atoms with Gasteiger partial charge in [0, 0.05) is 38.7 Å². The molecule has 3 aromatic rings. The molecule has 5 nitrogen and oxygen atoms in total. The maximum absolute atomic E-state index is 13.9. The number of piperidine rings is 1. The van der Waals surface area contributed by atoms with Gasteiger partial charge in [0.1, 0.15) is 23.2 Å². The van der Waals surface area contributed by atoms with E-state index < -0.39 is 0 Å². The smallest absolute Gasteiger partial charge is 0.220 e. The van der Waals surface area contributed by atoms with Gasteiger partial charge in [-0.05, 0) is 55.2 Å². The van der Waals surface area contributed by atoms with E-state index in [0.29, 0.717) is 36.5 Å². The van der Waals surface area contributed by atoms with Crippen molar-refractivity contribution in [3.05, 3.63) is 71.9 Å². The van der Waals surface area contributed by atoms with Crippen LogP contribution in [0.25, 0.3) is 11.3 Å². The number of hydrogen-bond acceptors (Lipinski definition) is 4. The summed E-state index contributed by atoms with van der Waals surface area (Å²) in [4.78, 5) is 19.0. The van der Waals surface area contributed by atoms with Crippen molar-refractivity contribution in [1.82, 2.24) is 10.3 Å². The number of furan rings is 1. The molecule has 0 bridgehead atoms. The molecule has 0 saturated carbocycles. The number of carbonyl (C=O) groups excluding carboxylic acids is 1. The molecule has 3 heterocycles. The zero-order valence-electron chi connectivity index (χ0n) is 16.9. The number of nitrogens with zero attached hydrogens (tertiary/aromatic N) is 2. The normalized spacial score (nSPS) is 14.0. The van der Waals surface area contributed by atoms with E-state index in [0.717, 1.165) is 24.5 Å². The molecule has 0 unspecified atom stereocenters. The summed E-state index contributed by atoms with van der Waals surface area (Å²) in [6.45, 7) is 2.58. The molecule has 1 saturated heterocycles. The van der Waals surface area contributed by atoms with Gasteiger partial charge in [-0.3, -0.25) is 4.79 Å². The average Bonchev–Trinajstić information content (AvgIpc) is 3.26. The summed E-state index contributed by atoms with van der Waals surface area (Å²) in [7, 11) is 0. The molecule has 0 aliphatic carbocycles. The van der Waals surface area contributed by atoms with Crippen molar-refractivity contribution >= 4 is 11.7 Å². The Hall–Kier alpha value is -3.15. The fraction of sp³-hybridized carbons (Fsp3) is 0.333. The van der Waals surface area contributed by atoms with Crippen LogP contribution in [-0.2, 0) is 17.8 Å². The highest BCUT2D eigenvalue weighted by molar-refractivity contribution is 5.76. The average molecular weight is 407 g/mol. The second-order valence-corrected chi connectivity index (χ2v) is 7.59. The second-order valence-electron chi connectivity index (χ2n) is 7.59. The zero-order valence-corrected chi connectivity index (χ0v) is 16.9. The van der Waals surface area contributed by atoms with Crippen molar-refractivity contribution in [2.75, 3.05) is 18.0 Å². The highest BCUT2D eigenvalue weighted by atomic mass is 19.1. The fourth-order valence-electron chi connectivity index (χ4n) is 3.68. The summed E-state index contributed by atoms with van der Waals surface area (Å²) < 4.78 is 19.6. The number of benzene rings is 1. The van der Waals surface area contributed by atoms with E-state index in [9.17, 15) is 9.18 Å². The molecule has 1 aliphatic rings. The summed E-state index contributed by atoms with van der Waals surface area (Å²) in [5, 5.41) is 2.92. The largest absolute Gasteiger partial charge is 0.461 e. The molecule has 156 valence electrons. The monoisotopic (exact) mass is 407 g/mol. The minimum atomic E-state index is -0.323. The maximum Gasteiger partial charge on any atom is 0.220 e. The highest BCUT2D eigenvalue weighted by Gasteiger charge is 2.13. The lowest BCUT2D eigenvalue weighted by Crippen LogP contribution is -2.30. The van der Waals surface area contributed by atoms with Gasteiger partial charge in [0.25, 0.3) is 0 Å². The summed E-state index contributed by atoms with van der Waals surface area (Å²) >= 11 is 0. The number of anilines is 1. The van der Waals surface area contributed by atoms with E-state index in [1.807, 2.05) is 18.3 Å². The van der Waals surface area contributed by atoms with Crippen molar-refractivity contribution in [3.63, 3.8) is 0 Å². The minimum Gasteiger partial charge on any atom is -0.461 e. The Balaban J connectivity index is 1.24. The Bertz CT molecular complexity index is 978. The van der Waals surface area contributed by atoms with Gasteiger partial charge in [0.05, 0.1) is 5.56 Å². The van der Waals surface area contributed by atoms with Crippen molar-refractivity contribution in [2.45, 2.75) is 38.6 Å². The van der Waals surface area contributed by atoms with Crippen LogP contribution in [0.5, 0.6) is 0 Å². The van der Waals surface area contributed by atoms with Gasteiger partial charge in [-0.2, -0.15) is 0 Å². The molecule has 4 rings (SSSR count). The lowest BCUT2D eigenvalue weighted by atomic mass is 10.1. The zero-order chi connectivity index (χ0) is 20.8. The van der Waals surface area contributed by atoms with E-state index >= 15 is 0 Å². The number of aromatic nitrogens is 1. The summed E-state index contributed by atoms with van der Waals surface area (Å²) in [5.74, 6) is 1.77. The number of nitrogens with one attached hydrogen (secondary N) is 1. The van der Waals surface area contributed by atoms with Crippen LogP contribution in [0.1, 0.15) is 37.0 Å². The molecule has 0 spiro atoms. The number of pyridine rings is 1. The van der Waals surface area contributed by atoms with Crippen LogP contribution < -0.4 is 10.2 Å². The van der Waals surface area contributed by atoms with Crippen molar-refractivity contribution in [3.8, 4) is 11.3 Å². The molecule has 30 heavy (non-hydrogen) atoms. The molecule has 1 amide bonds. The lowest BCUT2D eigenvalue weighted by molar-refractivity contribution is -0.121. The third-order valence-corrected chi connectivity index (χ3v) is 5.38. The van der Waals surface area contributed by atoms with Crippen LogP contribution >= 0.6 is 0 Å². The molecule has 1 aromatic carbocycles. The minimum absolute atomic E-state index is 0.0565. The SMILES string of the molecule is O=C(CCc1ccc(-c2ccccc2F)o1)NCc1ccc(N2CCCCC2)nc1. The van der Waals surface area contributed by atoms with Crippen LogP contribution in [-0.4, -0.2) is 24.0 Å². The van der Waals surface area contributed by atoms with E-state index in [1.54, 1.807) is 30.3 Å². The maximum atomic E-state index is 13.9. The van der Waals surface area contributed by atoms with Crippen LogP contribution in [0, 0.1) is 5.82 Å². The van der Waals surface area contributed by atoms with Crippen molar-refractivity contribution < 1.29 is 13.6 Å². The third kappa shape index (κ3) is 5.06. The van der Waals surface area contributed by atoms with Crippen LogP contribution in [0.15, 0.2) is 59.1 Å².